The monoisotopic (exact) mass is 245 g/mol. The maximum Gasteiger partial charge on any atom is 0.251 e. The molecule has 0 saturated carbocycles. The third kappa shape index (κ3) is 2.35. The zero-order chi connectivity index (χ0) is 11.5. The van der Waals surface area contributed by atoms with E-state index in [4.69, 9.17) is 16.3 Å². The van der Waals surface area contributed by atoms with Gasteiger partial charge in [-0.1, -0.05) is 6.92 Å². The number of likely N-dealkylation sites (tertiary alicyclic amines) is 1. The van der Waals surface area contributed by atoms with Gasteiger partial charge in [0, 0.05) is 25.1 Å². The first-order valence-corrected chi connectivity index (χ1v) is 6.75. The fourth-order valence-electron chi connectivity index (χ4n) is 2.64. The number of ether oxygens (including phenoxy) is 1. The fraction of sp³-hybridized carbons (Fsp3) is 0.917. The molecule has 92 valence electrons. The number of amides is 1. The second kappa shape index (κ2) is 5.37. The third-order valence-corrected chi connectivity index (χ3v) is 4.10. The van der Waals surface area contributed by atoms with Gasteiger partial charge in [0.15, 0.2) is 0 Å². The lowest BCUT2D eigenvalue weighted by Crippen LogP contribution is -2.46. The van der Waals surface area contributed by atoms with Gasteiger partial charge in [0.1, 0.15) is 6.10 Å². The van der Waals surface area contributed by atoms with E-state index < -0.39 is 0 Å². The Hall–Kier alpha value is -0.280. The Kier molecular flexibility index (Phi) is 4.09. The Labute approximate surface area is 102 Å². The van der Waals surface area contributed by atoms with Crippen molar-refractivity contribution in [3.63, 3.8) is 0 Å². The van der Waals surface area contributed by atoms with E-state index in [1.54, 1.807) is 0 Å². The van der Waals surface area contributed by atoms with Crippen molar-refractivity contribution >= 4 is 17.5 Å². The van der Waals surface area contributed by atoms with Crippen molar-refractivity contribution in [2.24, 2.45) is 5.92 Å². The highest BCUT2D eigenvalue weighted by molar-refractivity contribution is 6.18. The van der Waals surface area contributed by atoms with E-state index >= 15 is 0 Å². The molecule has 0 aromatic heterocycles. The van der Waals surface area contributed by atoms with Crippen LogP contribution in [0.1, 0.15) is 32.6 Å². The summed E-state index contributed by atoms with van der Waals surface area (Å²) in [7, 11) is 0. The summed E-state index contributed by atoms with van der Waals surface area (Å²) < 4.78 is 5.55. The van der Waals surface area contributed by atoms with Crippen LogP contribution < -0.4 is 0 Å². The largest absolute Gasteiger partial charge is 0.368 e. The highest BCUT2D eigenvalue weighted by atomic mass is 35.5. The summed E-state index contributed by atoms with van der Waals surface area (Å²) in [5, 5.41) is 0. The molecule has 2 aliphatic heterocycles. The fourth-order valence-corrected chi connectivity index (χ4v) is 3.11. The molecule has 2 aliphatic rings. The first-order valence-electron chi connectivity index (χ1n) is 6.22. The molecule has 3 atom stereocenters. The summed E-state index contributed by atoms with van der Waals surface area (Å²) in [6, 6.07) is 0.208. The minimum absolute atomic E-state index is 0.162. The molecular formula is C12H20ClNO2. The molecule has 0 radical (unpaired) electrons. The molecule has 0 aliphatic carbocycles. The Bertz CT molecular complexity index is 253. The normalized spacial score (nSPS) is 35.4. The Morgan fingerprint density at radius 1 is 1.44 bits per heavy atom. The van der Waals surface area contributed by atoms with Crippen LogP contribution >= 0.6 is 11.6 Å². The molecule has 2 heterocycles. The minimum atomic E-state index is -0.204. The van der Waals surface area contributed by atoms with Crippen LogP contribution in [0, 0.1) is 5.92 Å². The van der Waals surface area contributed by atoms with Gasteiger partial charge in [-0.3, -0.25) is 4.79 Å². The lowest BCUT2D eigenvalue weighted by molar-refractivity contribution is -0.147. The molecule has 0 bridgehead atoms. The van der Waals surface area contributed by atoms with Crippen LogP contribution in [0.2, 0.25) is 0 Å². The number of alkyl halides is 1. The second-order valence-corrected chi connectivity index (χ2v) is 5.18. The van der Waals surface area contributed by atoms with Gasteiger partial charge in [0.25, 0.3) is 5.91 Å². The lowest BCUT2D eigenvalue weighted by Gasteiger charge is -2.30. The number of carbonyl (C=O) groups is 1. The predicted octanol–water partition coefficient (Wildman–Crippen LogP) is 2.03. The molecule has 0 N–H and O–H groups in total. The zero-order valence-corrected chi connectivity index (χ0v) is 10.6. The number of carbonyl (C=O) groups excluding carboxylic acids is 1. The molecule has 4 heteroatoms. The van der Waals surface area contributed by atoms with Gasteiger partial charge in [-0.2, -0.15) is 0 Å². The quantitative estimate of drug-likeness (QED) is 0.697. The van der Waals surface area contributed by atoms with Crippen molar-refractivity contribution in [2.75, 3.05) is 19.0 Å². The van der Waals surface area contributed by atoms with E-state index in [0.29, 0.717) is 11.8 Å². The molecule has 0 aromatic carbocycles. The van der Waals surface area contributed by atoms with Gasteiger partial charge in [-0.05, 0) is 31.6 Å². The van der Waals surface area contributed by atoms with Crippen molar-refractivity contribution in [3.8, 4) is 0 Å². The summed E-state index contributed by atoms with van der Waals surface area (Å²) in [4.78, 5) is 14.2. The van der Waals surface area contributed by atoms with Crippen LogP contribution in [0.15, 0.2) is 0 Å². The van der Waals surface area contributed by atoms with E-state index in [0.717, 1.165) is 38.8 Å². The van der Waals surface area contributed by atoms with E-state index in [1.165, 1.54) is 0 Å². The summed E-state index contributed by atoms with van der Waals surface area (Å²) >= 11 is 5.95. The van der Waals surface area contributed by atoms with Crippen LogP contribution in [0.25, 0.3) is 0 Å². The highest BCUT2D eigenvalue weighted by Crippen LogP contribution is 2.27. The molecule has 2 rings (SSSR count). The van der Waals surface area contributed by atoms with E-state index in [1.807, 2.05) is 4.90 Å². The van der Waals surface area contributed by atoms with Gasteiger partial charge in [0.05, 0.1) is 0 Å². The SMILES string of the molecule is CC1CCN(C(=O)C2CCCCO2)C1CCl. The topological polar surface area (TPSA) is 29.5 Å². The Morgan fingerprint density at radius 3 is 2.88 bits per heavy atom. The average Bonchev–Trinajstić information content (AvgIpc) is 2.70. The summed E-state index contributed by atoms with van der Waals surface area (Å²) in [6.45, 7) is 3.74. The van der Waals surface area contributed by atoms with E-state index in [-0.39, 0.29) is 18.1 Å². The second-order valence-electron chi connectivity index (χ2n) is 4.87. The number of hydrogen-bond donors (Lipinski definition) is 0. The van der Waals surface area contributed by atoms with E-state index in [9.17, 15) is 4.79 Å². The maximum atomic E-state index is 12.3. The molecule has 0 spiro atoms. The predicted molar refractivity (Wildman–Crippen MR) is 63.6 cm³/mol. The van der Waals surface area contributed by atoms with Crippen molar-refractivity contribution in [3.05, 3.63) is 0 Å². The number of hydrogen-bond acceptors (Lipinski definition) is 2. The molecule has 2 fully saturated rings. The number of halogens is 1. The summed E-state index contributed by atoms with van der Waals surface area (Å²) in [5.41, 5.74) is 0. The van der Waals surface area contributed by atoms with Crippen molar-refractivity contribution < 1.29 is 9.53 Å². The van der Waals surface area contributed by atoms with Crippen LogP contribution in [0.4, 0.5) is 0 Å². The number of nitrogens with zero attached hydrogens (tertiary/aromatic N) is 1. The Morgan fingerprint density at radius 2 is 2.25 bits per heavy atom. The molecular weight excluding hydrogens is 226 g/mol. The third-order valence-electron chi connectivity index (χ3n) is 3.78. The van der Waals surface area contributed by atoms with Gasteiger partial charge in [-0.25, -0.2) is 0 Å². The molecule has 1 amide bonds. The lowest BCUT2D eigenvalue weighted by atomic mass is 10.0. The van der Waals surface area contributed by atoms with Gasteiger partial charge in [-0.15, -0.1) is 11.6 Å². The Balaban J connectivity index is 1.97. The summed E-state index contributed by atoms with van der Waals surface area (Å²) in [5.74, 6) is 1.22. The zero-order valence-electron chi connectivity index (χ0n) is 9.82. The average molecular weight is 246 g/mol. The van der Waals surface area contributed by atoms with Crippen LogP contribution in [0.3, 0.4) is 0 Å². The van der Waals surface area contributed by atoms with Crippen LogP contribution in [0.5, 0.6) is 0 Å². The minimum Gasteiger partial charge on any atom is -0.368 e. The molecule has 16 heavy (non-hydrogen) atoms. The van der Waals surface area contributed by atoms with Crippen molar-refractivity contribution in [2.45, 2.75) is 44.8 Å². The molecule has 2 saturated heterocycles. The highest BCUT2D eigenvalue weighted by Gasteiger charge is 2.37. The molecule has 3 nitrogen and oxygen atoms in total. The maximum absolute atomic E-state index is 12.3. The molecule has 3 unspecified atom stereocenters. The van der Waals surface area contributed by atoms with Gasteiger partial charge in [0.2, 0.25) is 0 Å². The first kappa shape index (κ1) is 12.2. The van der Waals surface area contributed by atoms with Crippen molar-refractivity contribution in [1.29, 1.82) is 0 Å². The van der Waals surface area contributed by atoms with Gasteiger partial charge >= 0.3 is 0 Å². The number of rotatable bonds is 2. The van der Waals surface area contributed by atoms with Gasteiger partial charge < -0.3 is 9.64 Å². The standard InChI is InChI=1S/C12H20ClNO2/c1-9-5-6-14(10(9)8-13)12(15)11-4-2-3-7-16-11/h9-11H,2-8H2,1H3. The van der Waals surface area contributed by atoms with E-state index in [2.05, 4.69) is 6.92 Å². The molecule has 0 aromatic rings. The van der Waals surface area contributed by atoms with Crippen LogP contribution in [-0.2, 0) is 9.53 Å². The van der Waals surface area contributed by atoms with Crippen LogP contribution in [-0.4, -0.2) is 42.0 Å². The smallest absolute Gasteiger partial charge is 0.251 e. The summed E-state index contributed by atoms with van der Waals surface area (Å²) in [6.07, 6.45) is 3.92. The van der Waals surface area contributed by atoms with Crippen molar-refractivity contribution in [1.82, 2.24) is 4.90 Å². The first-order chi connectivity index (χ1) is 7.74.